The van der Waals surface area contributed by atoms with E-state index in [0.29, 0.717) is 0 Å². The molecule has 0 bridgehead atoms. The molecule has 0 amide bonds. The van der Waals surface area contributed by atoms with Gasteiger partial charge in [0.15, 0.2) is 0 Å². The molecule has 4 nitrogen and oxygen atoms in total. The summed E-state index contributed by atoms with van der Waals surface area (Å²) in [5.74, 6) is 0. The van der Waals surface area contributed by atoms with Crippen LogP contribution >= 0.6 is 0 Å². The third-order valence-corrected chi connectivity index (χ3v) is 3.89. The van der Waals surface area contributed by atoms with Crippen LogP contribution in [0.25, 0.3) is 5.57 Å². The van der Waals surface area contributed by atoms with Crippen LogP contribution in [0.15, 0.2) is 48.6 Å². The van der Waals surface area contributed by atoms with E-state index in [0.717, 1.165) is 17.2 Å². The molecular weight excluding hydrogens is 240 g/mol. The van der Waals surface area contributed by atoms with E-state index in [2.05, 4.69) is 0 Å². The Balaban J connectivity index is 2.29. The maximum absolute atomic E-state index is 11.0. The second kappa shape index (κ2) is 4.10. The molecule has 1 atom stereocenters. The Morgan fingerprint density at radius 2 is 1.82 bits per heavy atom. The first-order valence-corrected chi connectivity index (χ1v) is 6.51. The molecular formula is C12H12O4S. The first-order chi connectivity index (χ1) is 7.92. The van der Waals surface area contributed by atoms with Crippen LogP contribution in [0.3, 0.4) is 0 Å². The van der Waals surface area contributed by atoms with Gasteiger partial charge in [0.2, 0.25) is 4.93 Å². The molecule has 1 aliphatic carbocycles. The van der Waals surface area contributed by atoms with Crippen molar-refractivity contribution in [1.29, 1.82) is 0 Å². The van der Waals surface area contributed by atoms with Gasteiger partial charge in [-0.25, -0.2) is 0 Å². The summed E-state index contributed by atoms with van der Waals surface area (Å²) in [6, 6.07) is 9.38. The molecule has 0 aliphatic heterocycles. The lowest BCUT2D eigenvalue weighted by atomic mass is 9.98. The molecule has 1 aliphatic rings. The summed E-state index contributed by atoms with van der Waals surface area (Å²) >= 11 is 0. The van der Waals surface area contributed by atoms with Gasteiger partial charge in [-0.1, -0.05) is 42.5 Å². The van der Waals surface area contributed by atoms with Crippen molar-refractivity contribution in [3.8, 4) is 0 Å². The topological polar surface area (TPSA) is 74.6 Å². The number of rotatable bonds is 2. The first kappa shape index (κ1) is 12.0. The van der Waals surface area contributed by atoms with E-state index in [-0.39, 0.29) is 6.42 Å². The van der Waals surface area contributed by atoms with Gasteiger partial charge in [-0.05, 0) is 17.2 Å². The Morgan fingerprint density at radius 1 is 1.18 bits per heavy atom. The maximum atomic E-state index is 11.0. The van der Waals surface area contributed by atoms with Gasteiger partial charge in [-0.3, -0.25) is 4.55 Å². The standard InChI is InChI=1S/C12H12O4S/c13-12(17(14,15)16)8-6-11(7-9-12)10-4-2-1-3-5-10/h1-8,13H,9H2,(H,14,15,16). The van der Waals surface area contributed by atoms with Crippen molar-refractivity contribution in [3.63, 3.8) is 0 Å². The van der Waals surface area contributed by atoms with E-state index in [9.17, 15) is 13.5 Å². The summed E-state index contributed by atoms with van der Waals surface area (Å²) in [6.45, 7) is 0. The second-order valence-corrected chi connectivity index (χ2v) is 5.54. The van der Waals surface area contributed by atoms with Gasteiger partial charge < -0.3 is 5.11 Å². The van der Waals surface area contributed by atoms with Gasteiger partial charge in [0.05, 0.1) is 0 Å². The number of aliphatic hydroxyl groups is 1. The van der Waals surface area contributed by atoms with E-state index in [1.54, 1.807) is 6.08 Å². The fourth-order valence-corrected chi connectivity index (χ4v) is 2.18. The minimum atomic E-state index is -4.51. The van der Waals surface area contributed by atoms with Crippen molar-refractivity contribution in [2.45, 2.75) is 11.4 Å². The van der Waals surface area contributed by atoms with Crippen molar-refractivity contribution >= 4 is 15.7 Å². The maximum Gasteiger partial charge on any atom is 0.299 e. The van der Waals surface area contributed by atoms with Crippen LogP contribution in [-0.2, 0) is 10.1 Å². The summed E-state index contributed by atoms with van der Waals surface area (Å²) < 4.78 is 30.9. The predicted molar refractivity (Wildman–Crippen MR) is 64.7 cm³/mol. The van der Waals surface area contributed by atoms with Crippen LogP contribution in [0.5, 0.6) is 0 Å². The lowest BCUT2D eigenvalue weighted by molar-refractivity contribution is 0.163. The lowest BCUT2D eigenvalue weighted by Gasteiger charge is -2.23. The van der Waals surface area contributed by atoms with Gasteiger partial charge in [-0.15, -0.1) is 0 Å². The Hall–Kier alpha value is -1.43. The van der Waals surface area contributed by atoms with Crippen LogP contribution in [0.4, 0.5) is 0 Å². The molecule has 0 heterocycles. The number of hydrogen-bond acceptors (Lipinski definition) is 3. The summed E-state index contributed by atoms with van der Waals surface area (Å²) in [5.41, 5.74) is 1.75. The zero-order chi connectivity index (χ0) is 12.5. The molecule has 5 heteroatoms. The average Bonchev–Trinajstić information content (AvgIpc) is 2.30. The highest BCUT2D eigenvalue weighted by Crippen LogP contribution is 2.29. The van der Waals surface area contributed by atoms with E-state index in [1.807, 2.05) is 30.3 Å². The van der Waals surface area contributed by atoms with E-state index < -0.39 is 15.1 Å². The Bertz CT molecular complexity index is 572. The zero-order valence-electron chi connectivity index (χ0n) is 8.95. The Kier molecular flexibility index (Phi) is 2.91. The van der Waals surface area contributed by atoms with Crippen molar-refractivity contribution in [1.82, 2.24) is 0 Å². The quantitative estimate of drug-likeness (QED) is 0.784. The van der Waals surface area contributed by atoms with Gasteiger partial charge >= 0.3 is 0 Å². The summed E-state index contributed by atoms with van der Waals surface area (Å²) in [4.78, 5) is -2.20. The monoisotopic (exact) mass is 252 g/mol. The molecule has 0 saturated carbocycles. The third-order valence-electron chi connectivity index (χ3n) is 2.69. The second-order valence-electron chi connectivity index (χ2n) is 3.88. The smallest absolute Gasteiger partial charge is 0.299 e. The van der Waals surface area contributed by atoms with Crippen LogP contribution in [0, 0.1) is 0 Å². The van der Waals surface area contributed by atoms with E-state index >= 15 is 0 Å². The van der Waals surface area contributed by atoms with E-state index in [4.69, 9.17) is 4.55 Å². The molecule has 0 fully saturated rings. The predicted octanol–water partition coefficient (Wildman–Crippen LogP) is 1.61. The molecule has 1 aromatic carbocycles. The third kappa shape index (κ3) is 2.31. The highest BCUT2D eigenvalue weighted by molar-refractivity contribution is 7.87. The van der Waals surface area contributed by atoms with E-state index in [1.165, 1.54) is 6.08 Å². The van der Waals surface area contributed by atoms with Gasteiger partial charge in [-0.2, -0.15) is 8.42 Å². The fraction of sp³-hybridized carbons (Fsp3) is 0.167. The zero-order valence-corrected chi connectivity index (χ0v) is 9.76. The van der Waals surface area contributed by atoms with Crippen LogP contribution < -0.4 is 0 Å². The van der Waals surface area contributed by atoms with Crippen LogP contribution in [0.1, 0.15) is 12.0 Å². The minimum absolute atomic E-state index is 0.160. The van der Waals surface area contributed by atoms with Crippen LogP contribution in [0.2, 0.25) is 0 Å². The fourth-order valence-electron chi connectivity index (χ4n) is 1.65. The van der Waals surface area contributed by atoms with Crippen molar-refractivity contribution in [3.05, 3.63) is 54.1 Å². The molecule has 0 spiro atoms. The molecule has 0 aromatic heterocycles. The van der Waals surface area contributed by atoms with Crippen molar-refractivity contribution in [2.75, 3.05) is 0 Å². The molecule has 1 aromatic rings. The summed E-state index contributed by atoms with van der Waals surface area (Å²) in [7, 11) is -4.51. The molecule has 2 rings (SSSR count). The number of allylic oxidation sites excluding steroid dienone is 2. The van der Waals surface area contributed by atoms with Gasteiger partial charge in [0.25, 0.3) is 10.1 Å². The van der Waals surface area contributed by atoms with Crippen molar-refractivity contribution in [2.24, 2.45) is 0 Å². The lowest BCUT2D eigenvalue weighted by Crippen LogP contribution is -2.36. The minimum Gasteiger partial charge on any atom is -0.369 e. The Labute approximate surface area is 99.7 Å². The van der Waals surface area contributed by atoms with Crippen molar-refractivity contribution < 1.29 is 18.1 Å². The molecule has 0 radical (unpaired) electrons. The molecule has 1 unspecified atom stereocenters. The highest BCUT2D eigenvalue weighted by Gasteiger charge is 2.38. The first-order valence-electron chi connectivity index (χ1n) is 5.07. The SMILES string of the molecule is O=S(=O)(O)C1(O)C=CC(c2ccccc2)=CC1. The normalized spacial score (nSPS) is 24.5. The number of hydrogen-bond donors (Lipinski definition) is 2. The van der Waals surface area contributed by atoms with Crippen LogP contribution in [-0.4, -0.2) is 23.0 Å². The summed E-state index contributed by atoms with van der Waals surface area (Å²) in [5, 5.41) is 9.70. The molecule has 2 N–H and O–H groups in total. The molecule has 90 valence electrons. The summed E-state index contributed by atoms with van der Waals surface area (Å²) in [6.07, 6.45) is 4.02. The highest BCUT2D eigenvalue weighted by atomic mass is 32.2. The van der Waals surface area contributed by atoms with Gasteiger partial charge in [0.1, 0.15) is 0 Å². The molecule has 17 heavy (non-hydrogen) atoms. The average molecular weight is 252 g/mol. The largest absolute Gasteiger partial charge is 0.369 e. The Morgan fingerprint density at radius 3 is 2.29 bits per heavy atom. The molecule has 0 saturated heterocycles. The van der Waals surface area contributed by atoms with Gasteiger partial charge in [0, 0.05) is 6.42 Å². The number of benzene rings is 1.